The van der Waals surface area contributed by atoms with Gasteiger partial charge in [-0.2, -0.15) is 0 Å². The summed E-state index contributed by atoms with van der Waals surface area (Å²) in [6, 6.07) is 18.7. The Hall–Kier alpha value is -2.47. The second kappa shape index (κ2) is 7.87. The number of amides is 1. The van der Waals surface area contributed by atoms with Crippen LogP contribution in [0, 0.1) is 5.82 Å². The number of carbonyl (C=O) groups is 1. The molecule has 3 nitrogen and oxygen atoms in total. The van der Waals surface area contributed by atoms with E-state index in [9.17, 15) is 9.18 Å². The van der Waals surface area contributed by atoms with Gasteiger partial charge < -0.3 is 0 Å². The summed E-state index contributed by atoms with van der Waals surface area (Å²) in [5, 5.41) is 1.18. The van der Waals surface area contributed by atoms with Crippen LogP contribution in [0.5, 0.6) is 0 Å². The van der Waals surface area contributed by atoms with Gasteiger partial charge in [-0.3, -0.25) is 9.69 Å². The summed E-state index contributed by atoms with van der Waals surface area (Å²) in [4.78, 5) is 19.4. The third-order valence-corrected chi connectivity index (χ3v) is 5.76. The van der Waals surface area contributed by atoms with Crippen molar-refractivity contribution in [2.45, 2.75) is 6.54 Å². The molecule has 1 aromatic heterocycles. The zero-order valence-electron chi connectivity index (χ0n) is 14.4. The molecule has 0 radical (unpaired) electrons. The molecule has 0 aliphatic heterocycles. The molecule has 0 aliphatic carbocycles. The molecule has 4 rings (SSSR count). The summed E-state index contributed by atoms with van der Waals surface area (Å²) >= 11 is 13.6. The molecule has 0 aliphatic rings. The highest BCUT2D eigenvalue weighted by Gasteiger charge is 2.24. The first kappa shape index (κ1) is 18.9. The van der Waals surface area contributed by atoms with Crippen molar-refractivity contribution in [1.82, 2.24) is 4.98 Å². The molecule has 0 saturated heterocycles. The molecule has 140 valence electrons. The molecule has 3 aromatic carbocycles. The summed E-state index contributed by atoms with van der Waals surface area (Å²) in [6.45, 7) is 0.296. The molecule has 0 atom stereocenters. The number of hydrogen-bond acceptors (Lipinski definition) is 3. The van der Waals surface area contributed by atoms with Crippen LogP contribution in [-0.2, 0) is 6.54 Å². The lowest BCUT2D eigenvalue weighted by Crippen LogP contribution is -2.30. The van der Waals surface area contributed by atoms with Gasteiger partial charge in [0.2, 0.25) is 0 Å². The fourth-order valence-electron chi connectivity index (χ4n) is 2.80. The Morgan fingerprint density at radius 1 is 1.04 bits per heavy atom. The van der Waals surface area contributed by atoms with E-state index in [0.29, 0.717) is 31.9 Å². The topological polar surface area (TPSA) is 33.2 Å². The maximum Gasteiger partial charge on any atom is 0.261 e. The number of rotatable bonds is 4. The summed E-state index contributed by atoms with van der Waals surface area (Å²) in [5.74, 6) is -0.669. The van der Waals surface area contributed by atoms with Crippen molar-refractivity contribution >= 4 is 55.8 Å². The van der Waals surface area contributed by atoms with Crippen LogP contribution < -0.4 is 4.90 Å². The van der Waals surface area contributed by atoms with Crippen molar-refractivity contribution < 1.29 is 9.18 Å². The van der Waals surface area contributed by atoms with Crippen molar-refractivity contribution in [2.24, 2.45) is 0 Å². The largest absolute Gasteiger partial charge is 0.279 e. The minimum Gasteiger partial charge on any atom is -0.279 e. The fourth-order valence-corrected chi connectivity index (χ4v) is 4.16. The SMILES string of the molecule is O=C(c1cc(Cl)ccc1Cl)N(Cc1ccccc1)c1nc2ccc(F)cc2s1. The van der Waals surface area contributed by atoms with Crippen LogP contribution in [0.15, 0.2) is 66.7 Å². The molecule has 0 saturated carbocycles. The van der Waals surface area contributed by atoms with Gasteiger partial charge >= 0.3 is 0 Å². The Kier molecular flexibility index (Phi) is 5.31. The van der Waals surface area contributed by atoms with Gasteiger partial charge in [0.05, 0.1) is 27.3 Å². The summed E-state index contributed by atoms with van der Waals surface area (Å²) in [6.07, 6.45) is 0. The number of nitrogens with zero attached hydrogens (tertiary/aromatic N) is 2. The lowest BCUT2D eigenvalue weighted by atomic mass is 10.1. The maximum atomic E-state index is 13.6. The van der Waals surface area contributed by atoms with Crippen LogP contribution in [-0.4, -0.2) is 10.9 Å². The summed E-state index contributed by atoms with van der Waals surface area (Å²) in [5.41, 5.74) is 1.85. The van der Waals surface area contributed by atoms with E-state index in [-0.39, 0.29) is 17.3 Å². The van der Waals surface area contributed by atoms with Gasteiger partial charge in [0.25, 0.3) is 5.91 Å². The fraction of sp³-hybridized carbons (Fsp3) is 0.0476. The summed E-state index contributed by atoms with van der Waals surface area (Å²) < 4.78 is 14.2. The molecule has 7 heteroatoms. The van der Waals surface area contributed by atoms with Crippen LogP contribution in [0.4, 0.5) is 9.52 Å². The number of aromatic nitrogens is 1. The Bertz CT molecular complexity index is 1160. The van der Waals surface area contributed by atoms with Gasteiger partial charge in [0.15, 0.2) is 5.13 Å². The number of carbonyl (C=O) groups excluding carboxylic acids is 1. The highest BCUT2D eigenvalue weighted by Crippen LogP contribution is 2.32. The van der Waals surface area contributed by atoms with E-state index >= 15 is 0 Å². The quantitative estimate of drug-likeness (QED) is 0.365. The Balaban J connectivity index is 1.80. The van der Waals surface area contributed by atoms with Crippen LogP contribution >= 0.6 is 34.5 Å². The minimum atomic E-state index is -0.346. The predicted octanol–water partition coefficient (Wildman–Crippen LogP) is 6.59. The van der Waals surface area contributed by atoms with Gasteiger partial charge in [-0.1, -0.05) is 64.9 Å². The van der Waals surface area contributed by atoms with Crippen LogP contribution in [0.1, 0.15) is 15.9 Å². The van der Waals surface area contributed by atoms with Gasteiger partial charge in [-0.05, 0) is 42.0 Å². The Morgan fingerprint density at radius 2 is 1.82 bits per heavy atom. The molecular formula is C21H13Cl2FN2OS. The van der Waals surface area contributed by atoms with Crippen molar-refractivity contribution in [3.05, 3.63) is 93.7 Å². The van der Waals surface area contributed by atoms with E-state index in [2.05, 4.69) is 4.98 Å². The van der Waals surface area contributed by atoms with E-state index in [0.717, 1.165) is 5.56 Å². The number of halogens is 3. The molecule has 1 amide bonds. The average molecular weight is 431 g/mol. The van der Waals surface area contributed by atoms with Gasteiger partial charge in [-0.25, -0.2) is 9.37 Å². The molecule has 0 unspecified atom stereocenters. The molecular weight excluding hydrogens is 418 g/mol. The number of thiazole rings is 1. The Labute approximate surface area is 175 Å². The van der Waals surface area contributed by atoms with E-state index in [1.165, 1.54) is 34.4 Å². The third kappa shape index (κ3) is 3.87. The molecule has 0 fully saturated rings. The maximum absolute atomic E-state index is 13.6. The molecule has 0 N–H and O–H groups in total. The highest BCUT2D eigenvalue weighted by molar-refractivity contribution is 7.22. The zero-order chi connectivity index (χ0) is 19.7. The first-order valence-corrected chi connectivity index (χ1v) is 9.95. The number of benzene rings is 3. The lowest BCUT2D eigenvalue weighted by molar-refractivity contribution is 0.0985. The van der Waals surface area contributed by atoms with Crippen LogP contribution in [0.3, 0.4) is 0 Å². The number of fused-ring (bicyclic) bond motifs is 1. The smallest absolute Gasteiger partial charge is 0.261 e. The van der Waals surface area contributed by atoms with Crippen LogP contribution in [0.25, 0.3) is 10.2 Å². The van der Waals surface area contributed by atoms with E-state index < -0.39 is 0 Å². The molecule has 0 spiro atoms. The average Bonchev–Trinajstić information content (AvgIpc) is 3.11. The highest BCUT2D eigenvalue weighted by atomic mass is 35.5. The zero-order valence-corrected chi connectivity index (χ0v) is 16.7. The molecule has 0 bridgehead atoms. The van der Waals surface area contributed by atoms with Crippen LogP contribution in [0.2, 0.25) is 10.0 Å². The van der Waals surface area contributed by atoms with E-state index in [4.69, 9.17) is 23.2 Å². The van der Waals surface area contributed by atoms with Crippen molar-refractivity contribution in [3.8, 4) is 0 Å². The molecule has 4 aromatic rings. The van der Waals surface area contributed by atoms with Crippen molar-refractivity contribution in [1.29, 1.82) is 0 Å². The first-order chi connectivity index (χ1) is 13.5. The first-order valence-electron chi connectivity index (χ1n) is 8.38. The van der Waals surface area contributed by atoms with Crippen molar-refractivity contribution in [3.63, 3.8) is 0 Å². The standard InChI is InChI=1S/C21H13Cl2FN2OS/c22-14-6-8-17(23)16(10-14)20(27)26(12-13-4-2-1-3-5-13)21-25-18-9-7-15(24)11-19(18)28-21/h1-11H,12H2. The van der Waals surface area contributed by atoms with Crippen molar-refractivity contribution in [2.75, 3.05) is 4.90 Å². The second-order valence-electron chi connectivity index (χ2n) is 6.11. The monoisotopic (exact) mass is 430 g/mol. The van der Waals surface area contributed by atoms with Gasteiger partial charge in [0.1, 0.15) is 5.82 Å². The van der Waals surface area contributed by atoms with E-state index in [1.807, 2.05) is 30.3 Å². The van der Waals surface area contributed by atoms with Gasteiger partial charge in [-0.15, -0.1) is 0 Å². The minimum absolute atomic E-state index is 0.288. The van der Waals surface area contributed by atoms with Gasteiger partial charge in [0, 0.05) is 5.02 Å². The normalized spacial score (nSPS) is 11.0. The van der Waals surface area contributed by atoms with E-state index in [1.54, 1.807) is 18.2 Å². The molecule has 28 heavy (non-hydrogen) atoms. The second-order valence-corrected chi connectivity index (χ2v) is 7.96. The third-order valence-electron chi connectivity index (χ3n) is 4.16. The molecule has 1 heterocycles. The Morgan fingerprint density at radius 3 is 2.61 bits per heavy atom. The number of anilines is 1. The predicted molar refractivity (Wildman–Crippen MR) is 113 cm³/mol. The summed E-state index contributed by atoms with van der Waals surface area (Å²) in [7, 11) is 0. The lowest BCUT2D eigenvalue weighted by Gasteiger charge is -2.21. The number of hydrogen-bond donors (Lipinski definition) is 0.